The van der Waals surface area contributed by atoms with Crippen LogP contribution in [0.3, 0.4) is 0 Å². The Morgan fingerprint density at radius 3 is 2.71 bits per heavy atom. The predicted molar refractivity (Wildman–Crippen MR) is 71.1 cm³/mol. The van der Waals surface area contributed by atoms with Gasteiger partial charge in [0.25, 0.3) is 0 Å². The SMILES string of the molecule is Cc1ccccc1CCC(O)C1CCNCC1. The van der Waals surface area contributed by atoms with Crippen molar-refractivity contribution in [3.63, 3.8) is 0 Å². The van der Waals surface area contributed by atoms with Gasteiger partial charge in [0, 0.05) is 0 Å². The molecule has 0 bridgehead atoms. The molecule has 0 saturated carbocycles. The first-order valence-electron chi connectivity index (χ1n) is 6.70. The van der Waals surface area contributed by atoms with Gasteiger partial charge in [-0.3, -0.25) is 0 Å². The predicted octanol–water partition coefficient (Wildman–Crippen LogP) is 2.29. The number of aliphatic hydroxyl groups excluding tert-OH is 1. The summed E-state index contributed by atoms with van der Waals surface area (Å²) in [6, 6.07) is 8.47. The average molecular weight is 233 g/mol. The van der Waals surface area contributed by atoms with Gasteiger partial charge in [-0.05, 0) is 62.7 Å². The molecule has 17 heavy (non-hydrogen) atoms. The van der Waals surface area contributed by atoms with Gasteiger partial charge in [-0.1, -0.05) is 24.3 Å². The molecule has 1 atom stereocenters. The molecule has 94 valence electrons. The van der Waals surface area contributed by atoms with E-state index in [0.717, 1.165) is 38.8 Å². The number of aryl methyl sites for hydroxylation is 2. The number of rotatable bonds is 4. The lowest BCUT2D eigenvalue weighted by Crippen LogP contribution is -2.34. The van der Waals surface area contributed by atoms with E-state index in [1.165, 1.54) is 11.1 Å². The van der Waals surface area contributed by atoms with Crippen LogP contribution in [-0.2, 0) is 6.42 Å². The third-order valence-corrected chi connectivity index (χ3v) is 3.90. The van der Waals surface area contributed by atoms with Gasteiger partial charge in [-0.15, -0.1) is 0 Å². The third kappa shape index (κ3) is 3.55. The van der Waals surface area contributed by atoms with E-state index in [2.05, 4.69) is 36.5 Å². The van der Waals surface area contributed by atoms with Crippen molar-refractivity contribution in [1.29, 1.82) is 0 Å². The van der Waals surface area contributed by atoms with E-state index in [0.29, 0.717) is 5.92 Å². The summed E-state index contributed by atoms with van der Waals surface area (Å²) in [6.45, 7) is 4.27. The lowest BCUT2D eigenvalue weighted by Gasteiger charge is -2.27. The zero-order chi connectivity index (χ0) is 12.1. The second kappa shape index (κ2) is 6.18. The highest BCUT2D eigenvalue weighted by molar-refractivity contribution is 5.25. The van der Waals surface area contributed by atoms with E-state index >= 15 is 0 Å². The van der Waals surface area contributed by atoms with Crippen molar-refractivity contribution in [2.45, 2.75) is 38.7 Å². The van der Waals surface area contributed by atoms with Crippen LogP contribution in [0.2, 0.25) is 0 Å². The van der Waals surface area contributed by atoms with E-state index in [4.69, 9.17) is 0 Å². The Bertz CT molecular complexity index is 345. The molecule has 1 unspecified atom stereocenters. The monoisotopic (exact) mass is 233 g/mol. The van der Waals surface area contributed by atoms with Crippen molar-refractivity contribution in [2.75, 3.05) is 13.1 Å². The summed E-state index contributed by atoms with van der Waals surface area (Å²) in [5, 5.41) is 13.5. The van der Waals surface area contributed by atoms with Crippen LogP contribution < -0.4 is 5.32 Å². The number of piperidine rings is 1. The molecule has 0 spiro atoms. The molecule has 2 rings (SSSR count). The Labute approximate surface area is 104 Å². The maximum absolute atomic E-state index is 10.2. The standard InChI is InChI=1S/C15H23NO/c1-12-4-2-3-5-13(12)6-7-15(17)14-8-10-16-11-9-14/h2-5,14-17H,6-11H2,1H3. The second-order valence-electron chi connectivity index (χ2n) is 5.12. The molecule has 2 nitrogen and oxygen atoms in total. The lowest BCUT2D eigenvalue weighted by atomic mass is 9.88. The quantitative estimate of drug-likeness (QED) is 0.836. The minimum Gasteiger partial charge on any atom is -0.393 e. The Morgan fingerprint density at radius 2 is 2.00 bits per heavy atom. The van der Waals surface area contributed by atoms with Gasteiger partial charge in [-0.2, -0.15) is 0 Å². The first kappa shape index (κ1) is 12.6. The summed E-state index contributed by atoms with van der Waals surface area (Å²) in [5.74, 6) is 0.500. The van der Waals surface area contributed by atoms with E-state index in [-0.39, 0.29) is 6.10 Å². The van der Waals surface area contributed by atoms with Gasteiger partial charge in [-0.25, -0.2) is 0 Å². The van der Waals surface area contributed by atoms with E-state index in [1.54, 1.807) is 0 Å². The van der Waals surface area contributed by atoms with Crippen LogP contribution in [-0.4, -0.2) is 24.3 Å². The van der Waals surface area contributed by atoms with Crippen molar-refractivity contribution in [1.82, 2.24) is 5.32 Å². The van der Waals surface area contributed by atoms with Gasteiger partial charge in [0.05, 0.1) is 6.10 Å². The van der Waals surface area contributed by atoms with Crippen molar-refractivity contribution >= 4 is 0 Å². The molecule has 2 heteroatoms. The van der Waals surface area contributed by atoms with Gasteiger partial charge >= 0.3 is 0 Å². The molecule has 1 fully saturated rings. The van der Waals surface area contributed by atoms with Crippen LogP contribution in [0.5, 0.6) is 0 Å². The zero-order valence-corrected chi connectivity index (χ0v) is 10.7. The first-order chi connectivity index (χ1) is 8.27. The van der Waals surface area contributed by atoms with Gasteiger partial charge in [0.1, 0.15) is 0 Å². The van der Waals surface area contributed by atoms with Crippen molar-refractivity contribution in [3.8, 4) is 0 Å². The van der Waals surface area contributed by atoms with Crippen LogP contribution in [0.15, 0.2) is 24.3 Å². The Morgan fingerprint density at radius 1 is 1.29 bits per heavy atom. The van der Waals surface area contributed by atoms with Crippen molar-refractivity contribution in [3.05, 3.63) is 35.4 Å². The maximum Gasteiger partial charge on any atom is 0.0572 e. The van der Waals surface area contributed by atoms with Gasteiger partial charge < -0.3 is 10.4 Å². The average Bonchev–Trinajstić information content (AvgIpc) is 2.38. The van der Waals surface area contributed by atoms with Crippen LogP contribution in [0.4, 0.5) is 0 Å². The number of benzene rings is 1. The minimum absolute atomic E-state index is 0.128. The highest BCUT2D eigenvalue weighted by Crippen LogP contribution is 2.20. The molecule has 1 saturated heterocycles. The molecular weight excluding hydrogens is 210 g/mol. The summed E-state index contributed by atoms with van der Waals surface area (Å²) in [4.78, 5) is 0. The maximum atomic E-state index is 10.2. The van der Waals surface area contributed by atoms with Crippen LogP contribution in [0.25, 0.3) is 0 Å². The molecule has 1 aromatic carbocycles. The van der Waals surface area contributed by atoms with Gasteiger partial charge in [0.2, 0.25) is 0 Å². The topological polar surface area (TPSA) is 32.3 Å². The molecule has 0 aliphatic carbocycles. The zero-order valence-electron chi connectivity index (χ0n) is 10.7. The Kier molecular flexibility index (Phi) is 4.57. The van der Waals surface area contributed by atoms with Gasteiger partial charge in [0.15, 0.2) is 0 Å². The smallest absolute Gasteiger partial charge is 0.0572 e. The Balaban J connectivity index is 1.83. The largest absolute Gasteiger partial charge is 0.393 e. The summed E-state index contributed by atoms with van der Waals surface area (Å²) in [7, 11) is 0. The van der Waals surface area contributed by atoms with E-state index in [1.807, 2.05) is 0 Å². The summed E-state index contributed by atoms with van der Waals surface area (Å²) >= 11 is 0. The summed E-state index contributed by atoms with van der Waals surface area (Å²) in [6.07, 6.45) is 4.01. The van der Waals surface area contributed by atoms with Crippen LogP contribution in [0, 0.1) is 12.8 Å². The number of aliphatic hydroxyl groups is 1. The first-order valence-corrected chi connectivity index (χ1v) is 6.70. The number of hydrogen-bond donors (Lipinski definition) is 2. The molecule has 0 aromatic heterocycles. The molecular formula is C15H23NO. The molecule has 1 aromatic rings. The third-order valence-electron chi connectivity index (χ3n) is 3.90. The number of hydrogen-bond acceptors (Lipinski definition) is 2. The Hall–Kier alpha value is -0.860. The fourth-order valence-electron chi connectivity index (χ4n) is 2.66. The molecule has 2 N–H and O–H groups in total. The number of nitrogens with one attached hydrogen (secondary N) is 1. The normalized spacial score (nSPS) is 19.2. The second-order valence-corrected chi connectivity index (χ2v) is 5.12. The highest BCUT2D eigenvalue weighted by atomic mass is 16.3. The molecule has 1 aliphatic heterocycles. The molecule has 1 aliphatic rings. The highest BCUT2D eigenvalue weighted by Gasteiger charge is 2.21. The van der Waals surface area contributed by atoms with E-state index < -0.39 is 0 Å². The fourth-order valence-corrected chi connectivity index (χ4v) is 2.66. The lowest BCUT2D eigenvalue weighted by molar-refractivity contribution is 0.0813. The fraction of sp³-hybridized carbons (Fsp3) is 0.600. The molecule has 0 amide bonds. The summed E-state index contributed by atoms with van der Waals surface area (Å²) in [5.41, 5.74) is 2.71. The van der Waals surface area contributed by atoms with Crippen LogP contribution in [0.1, 0.15) is 30.4 Å². The van der Waals surface area contributed by atoms with Crippen molar-refractivity contribution < 1.29 is 5.11 Å². The van der Waals surface area contributed by atoms with Crippen LogP contribution >= 0.6 is 0 Å². The minimum atomic E-state index is -0.128. The van der Waals surface area contributed by atoms with E-state index in [9.17, 15) is 5.11 Å². The molecule has 1 heterocycles. The van der Waals surface area contributed by atoms with Crippen molar-refractivity contribution in [2.24, 2.45) is 5.92 Å². The summed E-state index contributed by atoms with van der Waals surface area (Å²) < 4.78 is 0. The molecule has 0 radical (unpaired) electrons.